The van der Waals surface area contributed by atoms with Crippen molar-refractivity contribution in [1.82, 2.24) is 4.98 Å². The SMILES string of the molecule is Cc1cc(NC(=O)c2ccc(N)c(Br)c2)cnc1Cl. The van der Waals surface area contributed by atoms with Gasteiger partial charge in [0, 0.05) is 15.7 Å². The summed E-state index contributed by atoms with van der Waals surface area (Å²) in [7, 11) is 0. The van der Waals surface area contributed by atoms with E-state index in [9.17, 15) is 4.79 Å². The molecular weight excluding hydrogens is 330 g/mol. The Hall–Kier alpha value is -1.59. The van der Waals surface area contributed by atoms with Gasteiger partial charge in [0.15, 0.2) is 0 Å². The zero-order valence-electron chi connectivity index (χ0n) is 10.1. The number of aromatic nitrogens is 1. The van der Waals surface area contributed by atoms with Crippen LogP contribution < -0.4 is 11.1 Å². The summed E-state index contributed by atoms with van der Waals surface area (Å²) < 4.78 is 0.686. The van der Waals surface area contributed by atoms with Gasteiger partial charge in [0.2, 0.25) is 0 Å². The van der Waals surface area contributed by atoms with E-state index in [1.807, 2.05) is 6.92 Å². The molecule has 0 bridgehead atoms. The molecule has 1 aromatic heterocycles. The van der Waals surface area contributed by atoms with E-state index in [4.69, 9.17) is 17.3 Å². The fraction of sp³-hybridized carbons (Fsp3) is 0.0769. The molecule has 3 N–H and O–H groups in total. The molecule has 0 saturated heterocycles. The predicted octanol–water partition coefficient (Wildman–Crippen LogP) is 3.64. The quantitative estimate of drug-likeness (QED) is 0.648. The molecule has 0 aliphatic heterocycles. The summed E-state index contributed by atoms with van der Waals surface area (Å²) in [6, 6.07) is 6.76. The van der Waals surface area contributed by atoms with E-state index in [2.05, 4.69) is 26.2 Å². The van der Waals surface area contributed by atoms with E-state index in [1.165, 1.54) is 6.20 Å². The maximum absolute atomic E-state index is 12.0. The average molecular weight is 341 g/mol. The number of nitrogen functional groups attached to an aromatic ring is 1. The Morgan fingerprint density at radius 1 is 1.42 bits per heavy atom. The highest BCUT2D eigenvalue weighted by molar-refractivity contribution is 9.10. The Morgan fingerprint density at radius 2 is 2.16 bits per heavy atom. The minimum atomic E-state index is -0.232. The molecule has 1 aromatic carbocycles. The van der Waals surface area contributed by atoms with Crippen molar-refractivity contribution in [2.45, 2.75) is 6.92 Å². The summed E-state index contributed by atoms with van der Waals surface area (Å²) in [6.07, 6.45) is 1.51. The third-order valence-corrected chi connectivity index (χ3v) is 3.62. The van der Waals surface area contributed by atoms with Crippen LogP contribution >= 0.6 is 27.5 Å². The molecule has 0 atom stereocenters. The van der Waals surface area contributed by atoms with Crippen LogP contribution in [0.15, 0.2) is 34.9 Å². The fourth-order valence-electron chi connectivity index (χ4n) is 1.50. The van der Waals surface area contributed by atoms with Crippen LogP contribution in [-0.4, -0.2) is 10.9 Å². The zero-order valence-corrected chi connectivity index (χ0v) is 12.4. The number of nitrogens with two attached hydrogens (primary N) is 1. The van der Waals surface area contributed by atoms with Crippen molar-refractivity contribution in [1.29, 1.82) is 0 Å². The maximum atomic E-state index is 12.0. The smallest absolute Gasteiger partial charge is 0.255 e. The van der Waals surface area contributed by atoms with Gasteiger partial charge in [0.05, 0.1) is 11.9 Å². The van der Waals surface area contributed by atoms with Crippen LogP contribution in [-0.2, 0) is 0 Å². The number of carbonyl (C=O) groups excluding carboxylic acids is 1. The molecule has 19 heavy (non-hydrogen) atoms. The Balaban J connectivity index is 2.20. The highest BCUT2D eigenvalue weighted by Crippen LogP contribution is 2.21. The van der Waals surface area contributed by atoms with Gasteiger partial charge in [0.25, 0.3) is 5.91 Å². The summed E-state index contributed by atoms with van der Waals surface area (Å²) in [4.78, 5) is 16.0. The van der Waals surface area contributed by atoms with Gasteiger partial charge < -0.3 is 11.1 Å². The van der Waals surface area contributed by atoms with Gasteiger partial charge in [0.1, 0.15) is 5.15 Å². The lowest BCUT2D eigenvalue weighted by atomic mass is 10.2. The minimum absolute atomic E-state index is 0.232. The van der Waals surface area contributed by atoms with Gasteiger partial charge in [-0.1, -0.05) is 11.6 Å². The van der Waals surface area contributed by atoms with Gasteiger partial charge in [-0.15, -0.1) is 0 Å². The summed E-state index contributed by atoms with van der Waals surface area (Å²) in [5.74, 6) is -0.232. The summed E-state index contributed by atoms with van der Waals surface area (Å²) in [6.45, 7) is 1.82. The molecular formula is C13H11BrClN3O. The van der Waals surface area contributed by atoms with E-state index in [0.29, 0.717) is 26.6 Å². The highest BCUT2D eigenvalue weighted by atomic mass is 79.9. The molecule has 98 valence electrons. The Morgan fingerprint density at radius 3 is 2.79 bits per heavy atom. The van der Waals surface area contributed by atoms with E-state index in [-0.39, 0.29) is 5.91 Å². The van der Waals surface area contributed by atoms with Gasteiger partial charge in [-0.2, -0.15) is 0 Å². The Labute approximate surface area is 124 Å². The second-order valence-electron chi connectivity index (χ2n) is 4.02. The lowest BCUT2D eigenvalue weighted by Crippen LogP contribution is -2.12. The highest BCUT2D eigenvalue weighted by Gasteiger charge is 2.09. The van der Waals surface area contributed by atoms with Crippen molar-refractivity contribution in [3.05, 3.63) is 51.2 Å². The number of pyridine rings is 1. The number of nitrogens with one attached hydrogen (secondary N) is 1. The number of nitrogens with zero attached hydrogens (tertiary/aromatic N) is 1. The van der Waals surface area contributed by atoms with Gasteiger partial charge in [-0.05, 0) is 52.7 Å². The first-order valence-electron chi connectivity index (χ1n) is 5.46. The van der Waals surface area contributed by atoms with Gasteiger partial charge in [-0.3, -0.25) is 4.79 Å². The summed E-state index contributed by atoms with van der Waals surface area (Å²) in [5.41, 5.74) is 8.17. The molecule has 4 nitrogen and oxygen atoms in total. The Kier molecular flexibility index (Phi) is 4.07. The molecule has 0 fully saturated rings. The summed E-state index contributed by atoms with van der Waals surface area (Å²) >= 11 is 9.11. The van der Waals surface area contributed by atoms with Crippen LogP contribution in [0.1, 0.15) is 15.9 Å². The predicted molar refractivity (Wildman–Crippen MR) is 80.5 cm³/mol. The largest absolute Gasteiger partial charge is 0.398 e. The number of benzene rings is 1. The van der Waals surface area contributed by atoms with E-state index in [1.54, 1.807) is 24.3 Å². The maximum Gasteiger partial charge on any atom is 0.255 e. The number of hydrogen-bond donors (Lipinski definition) is 2. The van der Waals surface area contributed by atoms with Crippen LogP contribution in [0.25, 0.3) is 0 Å². The molecule has 0 aliphatic carbocycles. The lowest BCUT2D eigenvalue weighted by Gasteiger charge is -2.07. The second-order valence-corrected chi connectivity index (χ2v) is 5.23. The second kappa shape index (κ2) is 5.59. The van der Waals surface area contributed by atoms with E-state index >= 15 is 0 Å². The normalized spacial score (nSPS) is 10.3. The van der Waals surface area contributed by atoms with Gasteiger partial charge in [-0.25, -0.2) is 4.98 Å². The Bertz CT molecular complexity index is 646. The van der Waals surface area contributed by atoms with Crippen LogP contribution in [0.5, 0.6) is 0 Å². The monoisotopic (exact) mass is 339 g/mol. The number of anilines is 2. The van der Waals surface area contributed by atoms with Crippen molar-refractivity contribution in [3.8, 4) is 0 Å². The molecule has 0 aliphatic rings. The van der Waals surface area contributed by atoms with Crippen LogP contribution in [0.2, 0.25) is 5.15 Å². The molecule has 0 spiro atoms. The fourth-order valence-corrected chi connectivity index (χ4v) is 1.98. The third-order valence-electron chi connectivity index (χ3n) is 2.53. The molecule has 0 radical (unpaired) electrons. The van der Waals surface area contributed by atoms with Crippen molar-refractivity contribution in [2.75, 3.05) is 11.1 Å². The van der Waals surface area contributed by atoms with Crippen molar-refractivity contribution < 1.29 is 4.79 Å². The molecule has 0 unspecified atom stereocenters. The first-order valence-corrected chi connectivity index (χ1v) is 6.63. The molecule has 1 amide bonds. The van der Waals surface area contributed by atoms with Crippen LogP contribution in [0.3, 0.4) is 0 Å². The molecule has 1 heterocycles. The summed E-state index contributed by atoms with van der Waals surface area (Å²) in [5, 5.41) is 3.18. The lowest BCUT2D eigenvalue weighted by molar-refractivity contribution is 0.102. The standard InChI is InChI=1S/C13H11BrClN3O/c1-7-4-9(6-17-12(7)15)18-13(19)8-2-3-11(16)10(14)5-8/h2-6H,16H2,1H3,(H,18,19). The van der Waals surface area contributed by atoms with Crippen molar-refractivity contribution >= 4 is 44.8 Å². The first kappa shape index (κ1) is 13.8. The van der Waals surface area contributed by atoms with E-state index < -0.39 is 0 Å². The van der Waals surface area contributed by atoms with Crippen molar-refractivity contribution in [2.24, 2.45) is 0 Å². The topological polar surface area (TPSA) is 68.0 Å². The number of hydrogen-bond acceptors (Lipinski definition) is 3. The minimum Gasteiger partial charge on any atom is -0.398 e. The average Bonchev–Trinajstić information content (AvgIpc) is 2.37. The number of aryl methyl sites for hydroxylation is 1. The number of halogens is 2. The van der Waals surface area contributed by atoms with Crippen LogP contribution in [0.4, 0.5) is 11.4 Å². The third kappa shape index (κ3) is 3.24. The molecule has 2 rings (SSSR count). The number of rotatable bonds is 2. The van der Waals surface area contributed by atoms with Crippen molar-refractivity contribution in [3.63, 3.8) is 0 Å². The van der Waals surface area contributed by atoms with Crippen LogP contribution in [0, 0.1) is 6.92 Å². The van der Waals surface area contributed by atoms with E-state index in [0.717, 1.165) is 5.56 Å². The number of carbonyl (C=O) groups is 1. The zero-order chi connectivity index (χ0) is 14.0. The number of amides is 1. The first-order chi connectivity index (χ1) is 8.97. The van der Waals surface area contributed by atoms with Gasteiger partial charge >= 0.3 is 0 Å². The molecule has 0 saturated carbocycles. The molecule has 2 aromatic rings. The molecule has 6 heteroatoms.